The average Bonchev–Trinajstić information content (AvgIpc) is 2.61. The van der Waals surface area contributed by atoms with Gasteiger partial charge in [-0.1, -0.05) is 37.0 Å². The van der Waals surface area contributed by atoms with Crippen LogP contribution < -0.4 is 10.2 Å². The summed E-state index contributed by atoms with van der Waals surface area (Å²) in [5.41, 5.74) is 4.54. The van der Waals surface area contributed by atoms with Crippen LogP contribution in [-0.4, -0.2) is 6.04 Å². The monoisotopic (exact) mass is 288 g/mol. The van der Waals surface area contributed by atoms with E-state index in [0.29, 0.717) is 14.9 Å². The summed E-state index contributed by atoms with van der Waals surface area (Å²) in [6.07, 6.45) is 19.2. The number of hydrogen-bond acceptors (Lipinski definition) is 2. The van der Waals surface area contributed by atoms with E-state index in [2.05, 4.69) is 54.1 Å². The second kappa shape index (κ2) is 8.24. The molecule has 0 radical (unpaired) electrons. The highest BCUT2D eigenvalue weighted by molar-refractivity contribution is 7.33. The van der Waals surface area contributed by atoms with E-state index >= 15 is 0 Å². The summed E-state index contributed by atoms with van der Waals surface area (Å²) in [6, 6.07) is 0.380. The third-order valence-electron chi connectivity index (χ3n) is 3.76. The molecular weight excluding hydrogens is 263 g/mol. The Morgan fingerprint density at radius 1 is 1.35 bits per heavy atom. The van der Waals surface area contributed by atoms with Crippen LogP contribution in [0.2, 0.25) is 0 Å². The van der Waals surface area contributed by atoms with Crippen molar-refractivity contribution >= 4 is 8.88 Å². The van der Waals surface area contributed by atoms with Crippen LogP contribution in [0, 0.1) is 0 Å². The summed E-state index contributed by atoms with van der Waals surface area (Å²) in [6.45, 7) is 5.94. The van der Waals surface area contributed by atoms with Crippen molar-refractivity contribution < 1.29 is 0 Å². The molecule has 0 aliphatic heterocycles. The van der Waals surface area contributed by atoms with E-state index in [1.807, 2.05) is 0 Å². The van der Waals surface area contributed by atoms with E-state index < -0.39 is 0 Å². The normalized spacial score (nSPS) is 22.6. The van der Waals surface area contributed by atoms with E-state index in [-0.39, 0.29) is 0 Å². The molecule has 2 rings (SSSR count). The standard InChI is InChI=1S/C17H25N2P/c1-3-18-20-19-14(2)16-12-9-8-11-15-10-6-4-5-7-13-17(15)16/h3,5-7,10,12,14,18-20H,1,4,8-9,11,13H2,2H3/b7-5?,10-6-. The van der Waals surface area contributed by atoms with Gasteiger partial charge in [0.05, 0.1) is 0 Å². The molecule has 0 heterocycles. The van der Waals surface area contributed by atoms with Gasteiger partial charge < -0.3 is 5.09 Å². The van der Waals surface area contributed by atoms with Gasteiger partial charge in [-0.25, -0.2) is 0 Å². The van der Waals surface area contributed by atoms with E-state index in [9.17, 15) is 0 Å². The van der Waals surface area contributed by atoms with Gasteiger partial charge in [-0.3, -0.25) is 5.09 Å². The fourth-order valence-corrected chi connectivity index (χ4v) is 3.30. The van der Waals surface area contributed by atoms with Crippen molar-refractivity contribution in [2.24, 2.45) is 0 Å². The summed E-state index contributed by atoms with van der Waals surface area (Å²) in [7, 11) is 0.516. The topological polar surface area (TPSA) is 24.1 Å². The lowest BCUT2D eigenvalue weighted by Crippen LogP contribution is -2.24. The molecule has 0 amide bonds. The van der Waals surface area contributed by atoms with Crippen LogP contribution in [0.4, 0.5) is 0 Å². The zero-order chi connectivity index (χ0) is 14.2. The van der Waals surface area contributed by atoms with Gasteiger partial charge in [0, 0.05) is 14.9 Å². The molecule has 0 aromatic rings. The molecule has 3 heteroatoms. The van der Waals surface area contributed by atoms with Crippen molar-refractivity contribution in [2.45, 2.75) is 45.1 Å². The largest absolute Gasteiger partial charge is 0.361 e. The average molecular weight is 288 g/mol. The molecule has 2 unspecified atom stereocenters. The van der Waals surface area contributed by atoms with Crippen molar-refractivity contribution in [3.05, 3.63) is 59.9 Å². The quantitative estimate of drug-likeness (QED) is 0.441. The molecule has 2 N–H and O–H groups in total. The number of hydrogen-bond donors (Lipinski definition) is 2. The first-order valence-electron chi connectivity index (χ1n) is 7.44. The number of allylic oxidation sites excluding steroid dienone is 6. The lowest BCUT2D eigenvalue weighted by atomic mass is 9.91. The van der Waals surface area contributed by atoms with Gasteiger partial charge in [-0.2, -0.15) is 0 Å². The predicted octanol–water partition coefficient (Wildman–Crippen LogP) is 4.52. The Balaban J connectivity index is 2.19. The highest BCUT2D eigenvalue weighted by Crippen LogP contribution is 2.31. The molecule has 0 spiro atoms. The maximum Gasteiger partial charge on any atom is 0.0462 e. The highest BCUT2D eigenvalue weighted by Gasteiger charge is 2.17. The van der Waals surface area contributed by atoms with Gasteiger partial charge in [0.2, 0.25) is 0 Å². The van der Waals surface area contributed by atoms with Gasteiger partial charge in [-0.15, -0.1) is 0 Å². The van der Waals surface area contributed by atoms with Gasteiger partial charge in [0.1, 0.15) is 0 Å². The van der Waals surface area contributed by atoms with Crippen LogP contribution in [0.3, 0.4) is 0 Å². The molecule has 2 nitrogen and oxygen atoms in total. The number of nitrogens with one attached hydrogen (secondary N) is 2. The van der Waals surface area contributed by atoms with Crippen LogP contribution in [0.25, 0.3) is 0 Å². The first kappa shape index (κ1) is 15.3. The fraction of sp³-hybridized carbons (Fsp3) is 0.412. The lowest BCUT2D eigenvalue weighted by molar-refractivity contribution is 0.784. The Morgan fingerprint density at radius 2 is 2.25 bits per heavy atom. The van der Waals surface area contributed by atoms with Crippen LogP contribution in [-0.2, 0) is 0 Å². The van der Waals surface area contributed by atoms with Crippen LogP contribution in [0.5, 0.6) is 0 Å². The molecular formula is C17H25N2P. The molecule has 2 aliphatic carbocycles. The predicted molar refractivity (Wildman–Crippen MR) is 90.7 cm³/mol. The Bertz CT molecular complexity index is 458. The summed E-state index contributed by atoms with van der Waals surface area (Å²) in [5.74, 6) is 0. The summed E-state index contributed by atoms with van der Waals surface area (Å²) < 4.78 is 0. The minimum atomic E-state index is 0.380. The minimum Gasteiger partial charge on any atom is -0.361 e. The zero-order valence-corrected chi connectivity index (χ0v) is 13.3. The molecule has 108 valence electrons. The van der Waals surface area contributed by atoms with Crippen molar-refractivity contribution in [3.63, 3.8) is 0 Å². The van der Waals surface area contributed by atoms with Gasteiger partial charge in [-0.05, 0) is 61.9 Å². The SMILES string of the molecule is C=CNPNC(C)C1=CCCCC2=C1CC=CC/C=C\2. The smallest absolute Gasteiger partial charge is 0.0462 e. The maximum absolute atomic E-state index is 3.69. The molecule has 0 saturated carbocycles. The lowest BCUT2D eigenvalue weighted by Gasteiger charge is -2.21. The zero-order valence-electron chi connectivity index (χ0n) is 12.3. The van der Waals surface area contributed by atoms with Gasteiger partial charge in [0.15, 0.2) is 0 Å². The number of rotatable bonds is 5. The molecule has 20 heavy (non-hydrogen) atoms. The third kappa shape index (κ3) is 4.19. The molecule has 2 atom stereocenters. The summed E-state index contributed by atoms with van der Waals surface area (Å²) >= 11 is 0. The Labute approximate surface area is 124 Å². The highest BCUT2D eigenvalue weighted by atomic mass is 31.1. The molecule has 0 aromatic carbocycles. The van der Waals surface area contributed by atoms with E-state index in [1.165, 1.54) is 36.0 Å². The second-order valence-electron chi connectivity index (χ2n) is 5.21. The first-order chi connectivity index (χ1) is 9.83. The molecule has 0 saturated heterocycles. The summed E-state index contributed by atoms with van der Waals surface area (Å²) in [5, 5.41) is 6.68. The van der Waals surface area contributed by atoms with Crippen molar-refractivity contribution in [1.82, 2.24) is 10.2 Å². The first-order valence-corrected chi connectivity index (χ1v) is 8.44. The molecule has 2 aliphatic rings. The third-order valence-corrected chi connectivity index (χ3v) is 4.69. The minimum absolute atomic E-state index is 0.380. The van der Waals surface area contributed by atoms with Gasteiger partial charge >= 0.3 is 0 Å². The van der Waals surface area contributed by atoms with Gasteiger partial charge in [0.25, 0.3) is 0 Å². The second-order valence-corrected chi connectivity index (χ2v) is 6.04. The maximum atomic E-state index is 3.69. The fourth-order valence-electron chi connectivity index (χ4n) is 2.75. The Morgan fingerprint density at radius 3 is 3.10 bits per heavy atom. The van der Waals surface area contributed by atoms with E-state index in [0.717, 1.165) is 12.8 Å². The Hall–Kier alpha value is -1.11. The van der Waals surface area contributed by atoms with Crippen molar-refractivity contribution in [3.8, 4) is 0 Å². The van der Waals surface area contributed by atoms with Crippen LogP contribution >= 0.6 is 8.88 Å². The van der Waals surface area contributed by atoms with Crippen LogP contribution in [0.15, 0.2) is 59.9 Å². The van der Waals surface area contributed by atoms with Crippen LogP contribution in [0.1, 0.15) is 39.0 Å². The summed E-state index contributed by atoms with van der Waals surface area (Å²) in [4.78, 5) is 0. The molecule has 0 bridgehead atoms. The van der Waals surface area contributed by atoms with E-state index in [4.69, 9.17) is 0 Å². The Kier molecular flexibility index (Phi) is 6.29. The molecule has 0 fully saturated rings. The van der Waals surface area contributed by atoms with Crippen molar-refractivity contribution in [1.29, 1.82) is 0 Å². The van der Waals surface area contributed by atoms with Crippen molar-refractivity contribution in [2.75, 3.05) is 0 Å². The molecule has 0 aromatic heterocycles. The van der Waals surface area contributed by atoms with E-state index in [1.54, 1.807) is 6.20 Å².